The molecule has 3 heterocycles. The number of carbonyl (C=O) groups is 1. The highest BCUT2D eigenvalue weighted by molar-refractivity contribution is 6.05. The van der Waals surface area contributed by atoms with Crippen molar-refractivity contribution in [2.24, 2.45) is 5.73 Å². The zero-order valence-electron chi connectivity index (χ0n) is 22.6. The molecule has 6 N–H and O–H groups in total. The summed E-state index contributed by atoms with van der Waals surface area (Å²) in [6.07, 6.45) is 2.14. The Kier molecular flexibility index (Phi) is 6.30. The number of carbonyl (C=O) groups excluding carboxylic acids is 1. The summed E-state index contributed by atoms with van der Waals surface area (Å²) < 4.78 is 2.28. The molecule has 0 fully saturated rings. The summed E-state index contributed by atoms with van der Waals surface area (Å²) in [4.78, 5) is 15.9. The van der Waals surface area contributed by atoms with Gasteiger partial charge in [-0.3, -0.25) is 4.79 Å². The van der Waals surface area contributed by atoms with Crippen molar-refractivity contribution in [1.82, 2.24) is 20.2 Å². The summed E-state index contributed by atoms with van der Waals surface area (Å²) in [5.41, 5.74) is 15.6. The van der Waals surface area contributed by atoms with Crippen molar-refractivity contribution < 1.29 is 9.90 Å². The van der Waals surface area contributed by atoms with E-state index in [0.29, 0.717) is 37.3 Å². The van der Waals surface area contributed by atoms with E-state index in [4.69, 9.17) is 5.73 Å². The van der Waals surface area contributed by atoms with Crippen molar-refractivity contribution in [2.75, 3.05) is 0 Å². The highest BCUT2D eigenvalue weighted by Crippen LogP contribution is 2.42. The molecule has 7 nitrogen and oxygen atoms in total. The maximum Gasteiger partial charge on any atom is 0.251 e. The Labute approximate surface area is 237 Å². The molecule has 1 aliphatic rings. The van der Waals surface area contributed by atoms with Crippen LogP contribution < -0.4 is 16.4 Å². The standard InChI is InChI=1S/C34H31N5O2/c35-16-21-5-7-22(8-6-21)20-39-14-13-24-10-9-23(15-30(24)39)17-36-19-29-32(26-3-1-2-4-28(26)38-29)33-27-18-37-34(41)25(27)11-12-31(33)40/h1-15,36,38,40H,16-20,35H2,(H,37,41). The number of aromatic hydroxyl groups is 1. The molecular weight excluding hydrogens is 510 g/mol. The Morgan fingerprint density at radius 1 is 0.878 bits per heavy atom. The van der Waals surface area contributed by atoms with Gasteiger partial charge in [0.25, 0.3) is 5.91 Å². The van der Waals surface area contributed by atoms with E-state index >= 15 is 0 Å². The predicted molar refractivity (Wildman–Crippen MR) is 162 cm³/mol. The number of phenolic OH excluding ortho intramolecular Hbond substituents is 1. The van der Waals surface area contributed by atoms with Crippen molar-refractivity contribution in [2.45, 2.75) is 32.7 Å². The normalized spacial score (nSPS) is 12.8. The first kappa shape index (κ1) is 25.1. The summed E-state index contributed by atoms with van der Waals surface area (Å²) in [7, 11) is 0. The number of hydrogen-bond donors (Lipinski definition) is 5. The third-order valence-electron chi connectivity index (χ3n) is 8.08. The number of benzene rings is 4. The third-order valence-corrected chi connectivity index (χ3v) is 8.08. The molecule has 1 amide bonds. The number of fused-ring (bicyclic) bond motifs is 3. The fourth-order valence-electron chi connectivity index (χ4n) is 5.98. The smallest absolute Gasteiger partial charge is 0.251 e. The third kappa shape index (κ3) is 4.55. The molecule has 0 aliphatic carbocycles. The number of rotatable bonds is 8. The molecule has 0 bridgehead atoms. The SMILES string of the molecule is NCc1ccc(Cn2ccc3ccc(CNCc4[nH]c5ccccc5c4-c4c(O)ccc5c4CNC5=O)cc32)cc1. The molecule has 6 aromatic rings. The molecule has 0 unspecified atom stereocenters. The van der Waals surface area contributed by atoms with E-state index in [2.05, 4.69) is 81.0 Å². The summed E-state index contributed by atoms with van der Waals surface area (Å²) in [5.74, 6) is 0.0728. The topological polar surface area (TPSA) is 108 Å². The first-order valence-corrected chi connectivity index (χ1v) is 13.9. The Balaban J connectivity index is 1.16. The van der Waals surface area contributed by atoms with Crippen LogP contribution in [0.4, 0.5) is 0 Å². The van der Waals surface area contributed by atoms with Crippen molar-refractivity contribution in [1.29, 1.82) is 0 Å². The lowest BCUT2D eigenvalue weighted by molar-refractivity contribution is 0.0965. The summed E-state index contributed by atoms with van der Waals surface area (Å²) in [6.45, 7) is 3.00. The monoisotopic (exact) mass is 541 g/mol. The van der Waals surface area contributed by atoms with Gasteiger partial charge in [0.05, 0.1) is 0 Å². The van der Waals surface area contributed by atoms with Crippen LogP contribution in [0.1, 0.15) is 38.3 Å². The zero-order valence-corrected chi connectivity index (χ0v) is 22.6. The van der Waals surface area contributed by atoms with Gasteiger partial charge in [0.15, 0.2) is 0 Å². The second-order valence-corrected chi connectivity index (χ2v) is 10.7. The molecule has 1 aliphatic heterocycles. The molecule has 7 rings (SSSR count). The van der Waals surface area contributed by atoms with Gasteiger partial charge in [-0.2, -0.15) is 0 Å². The van der Waals surface area contributed by atoms with Gasteiger partial charge in [-0.1, -0.05) is 54.6 Å². The highest BCUT2D eigenvalue weighted by atomic mass is 16.3. The van der Waals surface area contributed by atoms with Crippen molar-refractivity contribution in [3.63, 3.8) is 0 Å². The maximum absolute atomic E-state index is 12.4. The van der Waals surface area contributed by atoms with Crippen LogP contribution >= 0.6 is 0 Å². The molecule has 0 atom stereocenters. The average Bonchev–Trinajstić information content (AvgIpc) is 3.68. The van der Waals surface area contributed by atoms with E-state index in [1.165, 1.54) is 22.0 Å². The van der Waals surface area contributed by atoms with Crippen molar-refractivity contribution >= 4 is 27.7 Å². The van der Waals surface area contributed by atoms with E-state index < -0.39 is 0 Å². The van der Waals surface area contributed by atoms with Crippen LogP contribution in [0.15, 0.2) is 91.1 Å². The molecule has 2 aromatic heterocycles. The number of nitrogens with one attached hydrogen (secondary N) is 3. The minimum absolute atomic E-state index is 0.103. The molecule has 204 valence electrons. The number of H-pyrrole nitrogens is 1. The van der Waals surface area contributed by atoms with E-state index in [9.17, 15) is 9.90 Å². The lowest BCUT2D eigenvalue weighted by Crippen LogP contribution is -2.14. The van der Waals surface area contributed by atoms with Crippen LogP contribution in [-0.4, -0.2) is 20.6 Å². The number of nitrogens with two attached hydrogens (primary N) is 1. The second kappa shape index (κ2) is 10.3. The number of hydrogen-bond acceptors (Lipinski definition) is 4. The van der Waals surface area contributed by atoms with Crippen LogP contribution in [-0.2, 0) is 32.7 Å². The van der Waals surface area contributed by atoms with Gasteiger partial charge in [-0.05, 0) is 58.0 Å². The highest BCUT2D eigenvalue weighted by Gasteiger charge is 2.27. The van der Waals surface area contributed by atoms with Crippen LogP contribution in [0, 0.1) is 0 Å². The van der Waals surface area contributed by atoms with Gasteiger partial charge < -0.3 is 31.0 Å². The number of aromatic amines is 1. The molecule has 0 spiro atoms. The number of para-hydroxylation sites is 1. The average molecular weight is 542 g/mol. The molecule has 0 saturated heterocycles. The molecule has 4 aromatic carbocycles. The lowest BCUT2D eigenvalue weighted by Gasteiger charge is -2.13. The second-order valence-electron chi connectivity index (χ2n) is 10.7. The fraction of sp³-hybridized carbons (Fsp3) is 0.147. The fourth-order valence-corrected chi connectivity index (χ4v) is 5.98. The number of amides is 1. The van der Waals surface area contributed by atoms with Crippen LogP contribution in [0.3, 0.4) is 0 Å². The van der Waals surface area contributed by atoms with E-state index in [1.807, 2.05) is 18.2 Å². The van der Waals surface area contributed by atoms with Crippen LogP contribution in [0.2, 0.25) is 0 Å². The van der Waals surface area contributed by atoms with Gasteiger partial charge in [0, 0.05) is 77.7 Å². The summed E-state index contributed by atoms with van der Waals surface area (Å²) in [5, 5.41) is 19.7. The van der Waals surface area contributed by atoms with Crippen LogP contribution in [0.25, 0.3) is 32.9 Å². The van der Waals surface area contributed by atoms with Crippen molar-refractivity contribution in [3.8, 4) is 16.9 Å². The molecule has 0 saturated carbocycles. The summed E-state index contributed by atoms with van der Waals surface area (Å²) >= 11 is 0. The minimum atomic E-state index is -0.103. The van der Waals surface area contributed by atoms with Gasteiger partial charge in [-0.15, -0.1) is 0 Å². The predicted octanol–water partition coefficient (Wildman–Crippen LogP) is 5.54. The minimum Gasteiger partial charge on any atom is -0.507 e. The first-order chi connectivity index (χ1) is 20.1. The number of nitrogens with zero attached hydrogens (tertiary/aromatic N) is 1. The number of phenols is 1. The first-order valence-electron chi connectivity index (χ1n) is 13.9. The van der Waals surface area contributed by atoms with E-state index in [-0.39, 0.29) is 11.7 Å². The molecule has 41 heavy (non-hydrogen) atoms. The zero-order chi connectivity index (χ0) is 27.9. The quantitative estimate of drug-likeness (QED) is 0.174. The van der Waals surface area contributed by atoms with Gasteiger partial charge >= 0.3 is 0 Å². The molecule has 7 heteroatoms. The Hall–Kier alpha value is -4.85. The Morgan fingerprint density at radius 3 is 2.54 bits per heavy atom. The van der Waals surface area contributed by atoms with Gasteiger partial charge in [0.1, 0.15) is 5.75 Å². The lowest BCUT2D eigenvalue weighted by atomic mass is 9.93. The molecular formula is C34H31N5O2. The Bertz CT molecular complexity index is 1920. The largest absolute Gasteiger partial charge is 0.507 e. The van der Waals surface area contributed by atoms with Crippen molar-refractivity contribution in [3.05, 3.63) is 125 Å². The van der Waals surface area contributed by atoms with E-state index in [1.54, 1.807) is 12.1 Å². The Morgan fingerprint density at radius 2 is 1.68 bits per heavy atom. The maximum atomic E-state index is 12.4. The van der Waals surface area contributed by atoms with Gasteiger partial charge in [0.2, 0.25) is 0 Å². The molecule has 0 radical (unpaired) electrons. The van der Waals surface area contributed by atoms with Gasteiger partial charge in [-0.25, -0.2) is 0 Å². The van der Waals surface area contributed by atoms with Crippen LogP contribution in [0.5, 0.6) is 5.75 Å². The number of aromatic nitrogens is 2. The van der Waals surface area contributed by atoms with E-state index in [0.717, 1.165) is 39.8 Å². The summed E-state index contributed by atoms with van der Waals surface area (Å²) in [6, 6.07) is 28.6.